The number of nitrogens with one attached hydrogen (secondary N) is 1. The van der Waals surface area contributed by atoms with Crippen LogP contribution in [0.5, 0.6) is 0 Å². The van der Waals surface area contributed by atoms with E-state index in [1.165, 1.54) is 0 Å². The Kier molecular flexibility index (Phi) is 3.69. The zero-order valence-corrected chi connectivity index (χ0v) is 11.4. The summed E-state index contributed by atoms with van der Waals surface area (Å²) in [5.74, 6) is 0.435. The van der Waals surface area contributed by atoms with Gasteiger partial charge in [-0.15, -0.1) is 0 Å². The molecule has 0 aliphatic carbocycles. The number of nitrogens with zero attached hydrogens (tertiary/aromatic N) is 1. The molecule has 1 aromatic carbocycles. The van der Waals surface area contributed by atoms with Gasteiger partial charge in [0.25, 0.3) is 0 Å². The highest BCUT2D eigenvalue weighted by molar-refractivity contribution is 5.61. The molecular formula is C15H18FN3. The minimum atomic E-state index is -0.198. The Labute approximate surface area is 112 Å². The lowest BCUT2D eigenvalue weighted by atomic mass is 10.1. The van der Waals surface area contributed by atoms with Gasteiger partial charge in [-0.3, -0.25) is 0 Å². The van der Waals surface area contributed by atoms with Gasteiger partial charge >= 0.3 is 0 Å². The second-order valence-corrected chi connectivity index (χ2v) is 4.77. The van der Waals surface area contributed by atoms with Crippen LogP contribution in [0, 0.1) is 19.7 Å². The Hall–Kier alpha value is -2.10. The quantitative estimate of drug-likeness (QED) is 0.885. The average Bonchev–Trinajstić information content (AvgIpc) is 2.37. The number of benzene rings is 1. The highest BCUT2D eigenvalue weighted by Crippen LogP contribution is 2.23. The van der Waals surface area contributed by atoms with Crippen molar-refractivity contribution < 1.29 is 4.39 Å². The predicted molar refractivity (Wildman–Crippen MR) is 76.6 cm³/mol. The van der Waals surface area contributed by atoms with Crippen LogP contribution in [-0.2, 0) is 0 Å². The number of pyridine rings is 1. The summed E-state index contributed by atoms with van der Waals surface area (Å²) in [4.78, 5) is 4.35. The van der Waals surface area contributed by atoms with Gasteiger partial charge in [-0.05, 0) is 50.1 Å². The molecule has 4 heteroatoms. The molecule has 100 valence electrons. The van der Waals surface area contributed by atoms with E-state index in [4.69, 9.17) is 5.73 Å². The van der Waals surface area contributed by atoms with Crippen LogP contribution >= 0.6 is 0 Å². The number of nitrogens with two attached hydrogens (primary N) is 1. The lowest BCUT2D eigenvalue weighted by Gasteiger charge is -2.17. The molecule has 19 heavy (non-hydrogen) atoms. The Bertz CT molecular complexity index is 596. The highest BCUT2D eigenvalue weighted by Gasteiger charge is 2.10. The van der Waals surface area contributed by atoms with Crippen molar-refractivity contribution in [1.29, 1.82) is 0 Å². The maximum absolute atomic E-state index is 13.6. The number of hydrogen-bond donors (Lipinski definition) is 2. The van der Waals surface area contributed by atoms with Crippen LogP contribution in [0.25, 0.3) is 0 Å². The van der Waals surface area contributed by atoms with E-state index in [1.807, 2.05) is 32.0 Å². The zero-order valence-electron chi connectivity index (χ0n) is 11.4. The van der Waals surface area contributed by atoms with Crippen LogP contribution in [0.3, 0.4) is 0 Å². The van der Waals surface area contributed by atoms with Crippen LogP contribution in [0.15, 0.2) is 30.3 Å². The molecule has 0 saturated heterocycles. The highest BCUT2D eigenvalue weighted by atomic mass is 19.1. The summed E-state index contributed by atoms with van der Waals surface area (Å²) >= 11 is 0. The smallest absolute Gasteiger partial charge is 0.149 e. The van der Waals surface area contributed by atoms with E-state index in [1.54, 1.807) is 19.1 Å². The molecule has 0 bridgehead atoms. The van der Waals surface area contributed by atoms with Crippen molar-refractivity contribution >= 4 is 11.5 Å². The second-order valence-electron chi connectivity index (χ2n) is 4.77. The number of hydrogen-bond acceptors (Lipinski definition) is 3. The third-order valence-corrected chi connectivity index (χ3v) is 3.11. The van der Waals surface area contributed by atoms with E-state index in [2.05, 4.69) is 10.3 Å². The van der Waals surface area contributed by atoms with Gasteiger partial charge in [0.2, 0.25) is 0 Å². The number of aryl methyl sites for hydroxylation is 2. The summed E-state index contributed by atoms with van der Waals surface area (Å²) in [6, 6.07) is 8.83. The Morgan fingerprint density at radius 3 is 2.63 bits per heavy atom. The third-order valence-electron chi connectivity index (χ3n) is 3.11. The van der Waals surface area contributed by atoms with Crippen molar-refractivity contribution in [2.75, 3.05) is 11.1 Å². The molecule has 0 spiro atoms. The van der Waals surface area contributed by atoms with Gasteiger partial charge in [-0.25, -0.2) is 9.37 Å². The Balaban J connectivity index is 2.22. The summed E-state index contributed by atoms with van der Waals surface area (Å²) in [5, 5.41) is 3.21. The van der Waals surface area contributed by atoms with E-state index < -0.39 is 0 Å². The van der Waals surface area contributed by atoms with Gasteiger partial charge < -0.3 is 11.1 Å². The van der Waals surface area contributed by atoms with E-state index >= 15 is 0 Å². The van der Waals surface area contributed by atoms with Gasteiger partial charge in [0, 0.05) is 5.69 Å². The van der Waals surface area contributed by atoms with Gasteiger partial charge in [-0.1, -0.05) is 12.1 Å². The summed E-state index contributed by atoms with van der Waals surface area (Å²) in [6.45, 7) is 5.60. The van der Waals surface area contributed by atoms with Crippen molar-refractivity contribution in [3.8, 4) is 0 Å². The number of halogens is 1. The minimum absolute atomic E-state index is 0.0632. The maximum Gasteiger partial charge on any atom is 0.149 e. The third kappa shape index (κ3) is 3.02. The lowest BCUT2D eigenvalue weighted by Crippen LogP contribution is -2.10. The van der Waals surface area contributed by atoms with Crippen LogP contribution in [0.1, 0.15) is 29.8 Å². The van der Waals surface area contributed by atoms with Gasteiger partial charge in [0.15, 0.2) is 0 Å². The van der Waals surface area contributed by atoms with E-state index in [9.17, 15) is 4.39 Å². The number of anilines is 2. The van der Waals surface area contributed by atoms with Crippen LogP contribution in [0.2, 0.25) is 0 Å². The van der Waals surface area contributed by atoms with Crippen LogP contribution in [-0.4, -0.2) is 4.98 Å². The fraction of sp³-hybridized carbons (Fsp3) is 0.267. The van der Waals surface area contributed by atoms with Crippen molar-refractivity contribution in [3.63, 3.8) is 0 Å². The lowest BCUT2D eigenvalue weighted by molar-refractivity contribution is 0.614. The largest absolute Gasteiger partial charge is 0.396 e. The van der Waals surface area contributed by atoms with Gasteiger partial charge in [0.05, 0.1) is 11.7 Å². The molecule has 3 N–H and O–H groups in total. The maximum atomic E-state index is 13.6. The average molecular weight is 259 g/mol. The fourth-order valence-corrected chi connectivity index (χ4v) is 1.85. The minimum Gasteiger partial charge on any atom is -0.396 e. The molecule has 1 unspecified atom stereocenters. The first-order valence-electron chi connectivity index (χ1n) is 6.23. The van der Waals surface area contributed by atoms with Gasteiger partial charge in [0.1, 0.15) is 11.6 Å². The summed E-state index contributed by atoms with van der Waals surface area (Å²) in [7, 11) is 0. The predicted octanol–water partition coefficient (Wildman–Crippen LogP) is 3.59. The molecule has 0 fully saturated rings. The first-order valence-corrected chi connectivity index (χ1v) is 6.23. The standard InChI is InChI=1S/C15H18FN3/c1-9-4-6-12(8-13(9)16)11(3)19-15-14(17)7-5-10(2)18-15/h4-8,11H,17H2,1-3H3,(H,18,19). The monoisotopic (exact) mass is 259 g/mol. The Morgan fingerprint density at radius 1 is 1.21 bits per heavy atom. The SMILES string of the molecule is Cc1ccc(N)c(NC(C)c2ccc(C)c(F)c2)n1. The number of nitrogen functional groups attached to an aromatic ring is 1. The van der Waals surface area contributed by atoms with Crippen molar-refractivity contribution in [1.82, 2.24) is 4.98 Å². The molecule has 3 nitrogen and oxygen atoms in total. The molecule has 2 aromatic rings. The summed E-state index contributed by atoms with van der Waals surface area (Å²) < 4.78 is 13.6. The Morgan fingerprint density at radius 2 is 1.95 bits per heavy atom. The molecule has 0 aliphatic heterocycles. The van der Waals surface area contributed by atoms with Crippen molar-refractivity contribution in [2.45, 2.75) is 26.8 Å². The molecule has 2 rings (SSSR count). The molecule has 0 aliphatic rings. The zero-order chi connectivity index (χ0) is 14.0. The van der Waals surface area contributed by atoms with E-state index in [-0.39, 0.29) is 11.9 Å². The van der Waals surface area contributed by atoms with Crippen LogP contribution < -0.4 is 11.1 Å². The van der Waals surface area contributed by atoms with Crippen LogP contribution in [0.4, 0.5) is 15.9 Å². The molecule has 0 radical (unpaired) electrons. The molecular weight excluding hydrogens is 241 g/mol. The number of aromatic nitrogens is 1. The van der Waals surface area contributed by atoms with Crippen molar-refractivity contribution in [3.05, 3.63) is 53.0 Å². The molecule has 1 heterocycles. The van der Waals surface area contributed by atoms with Gasteiger partial charge in [-0.2, -0.15) is 0 Å². The molecule has 0 amide bonds. The van der Waals surface area contributed by atoms with E-state index in [0.29, 0.717) is 17.1 Å². The van der Waals surface area contributed by atoms with Crippen molar-refractivity contribution in [2.24, 2.45) is 0 Å². The second kappa shape index (κ2) is 5.26. The topological polar surface area (TPSA) is 50.9 Å². The molecule has 1 atom stereocenters. The first-order chi connectivity index (χ1) is 8.97. The summed E-state index contributed by atoms with van der Waals surface area (Å²) in [6.07, 6.45) is 0. The molecule has 1 aromatic heterocycles. The van der Waals surface area contributed by atoms with E-state index in [0.717, 1.165) is 11.3 Å². The number of rotatable bonds is 3. The first kappa shape index (κ1) is 13.3. The summed E-state index contributed by atoms with van der Waals surface area (Å²) in [5.41, 5.74) is 8.86. The fourth-order valence-electron chi connectivity index (χ4n) is 1.85. The normalized spacial score (nSPS) is 12.2. The molecule has 0 saturated carbocycles.